The molecule has 4 aromatic heterocycles. The van der Waals surface area contributed by atoms with Crippen molar-refractivity contribution in [2.24, 2.45) is 0 Å². The Bertz CT molecular complexity index is 1270. The quantitative estimate of drug-likeness (QED) is 0.465. The first kappa shape index (κ1) is 20.2. The minimum Gasteiger partial charge on any atom is -0.355 e. The van der Waals surface area contributed by atoms with Crippen LogP contribution in [0.15, 0.2) is 49.2 Å². The molecule has 0 spiro atoms. The molecule has 0 bridgehead atoms. The van der Waals surface area contributed by atoms with Crippen molar-refractivity contribution < 1.29 is 4.57 Å². The van der Waals surface area contributed by atoms with Crippen LogP contribution < -0.4 is 4.90 Å². The van der Waals surface area contributed by atoms with Gasteiger partial charge in [0.15, 0.2) is 5.82 Å². The van der Waals surface area contributed by atoms with E-state index in [1.807, 2.05) is 54.5 Å². The predicted molar refractivity (Wildman–Crippen MR) is 123 cm³/mol. The molecular weight excluding hydrogens is 433 g/mol. The first-order valence-corrected chi connectivity index (χ1v) is 13.2. The van der Waals surface area contributed by atoms with E-state index in [1.165, 1.54) is 0 Å². The lowest BCUT2D eigenvalue weighted by Crippen LogP contribution is -2.42. The summed E-state index contributed by atoms with van der Waals surface area (Å²) in [5, 5.41) is 7.63. The number of imidazole rings is 1. The molecule has 4 aromatic rings. The largest absolute Gasteiger partial charge is 0.355 e. The van der Waals surface area contributed by atoms with Crippen molar-refractivity contribution in [1.29, 1.82) is 0 Å². The number of fused-ring (bicyclic) bond motifs is 1. The average molecular weight is 456 g/mol. The number of hydrogen-bond acceptors (Lipinski definition) is 6. The number of rotatable bonds is 4. The summed E-state index contributed by atoms with van der Waals surface area (Å²) in [6.07, 6.45) is 9.99. The number of aromatic amines is 1. The molecule has 1 aliphatic heterocycles. The number of nitrogens with zero attached hydrogens (tertiary/aromatic N) is 6. The Balaban J connectivity index is 1.51. The van der Waals surface area contributed by atoms with Crippen LogP contribution in [0.1, 0.15) is 17.9 Å². The first-order valence-electron chi connectivity index (χ1n) is 10.1. The topological polar surface area (TPSA) is 92.1 Å². The number of hydrogen-bond donors (Lipinski definition) is 1. The predicted octanol–water partition coefficient (Wildman–Crippen LogP) is 4.15. The highest BCUT2D eigenvalue weighted by atomic mass is 35.5. The van der Waals surface area contributed by atoms with Gasteiger partial charge in [0.25, 0.3) is 0 Å². The number of pyridine rings is 1. The van der Waals surface area contributed by atoms with Gasteiger partial charge in [-0.25, -0.2) is 15.0 Å². The third-order valence-electron chi connectivity index (χ3n) is 5.96. The Hall–Kier alpha value is -2.70. The lowest BCUT2D eigenvalue weighted by atomic mass is 9.92. The molecule has 0 amide bonds. The lowest BCUT2D eigenvalue weighted by Gasteiger charge is -2.39. The number of piperidine rings is 1. The van der Waals surface area contributed by atoms with Crippen LogP contribution in [0.25, 0.3) is 17.2 Å². The number of halogens is 1. The Morgan fingerprint density at radius 1 is 1.16 bits per heavy atom. The zero-order valence-electron chi connectivity index (χ0n) is 17.3. The van der Waals surface area contributed by atoms with Gasteiger partial charge in [-0.05, 0) is 43.5 Å². The van der Waals surface area contributed by atoms with Crippen LogP contribution >= 0.6 is 18.7 Å². The van der Waals surface area contributed by atoms with Crippen LogP contribution in [-0.4, -0.2) is 61.6 Å². The Morgan fingerprint density at radius 3 is 2.81 bits per heavy atom. The molecule has 0 aliphatic carbocycles. The molecule has 8 nitrogen and oxygen atoms in total. The lowest BCUT2D eigenvalue weighted by molar-refractivity contribution is 0.491. The zero-order chi connectivity index (χ0) is 21.6. The third-order valence-corrected chi connectivity index (χ3v) is 8.32. The fourth-order valence-corrected chi connectivity index (χ4v) is 5.72. The van der Waals surface area contributed by atoms with Crippen molar-refractivity contribution in [2.75, 3.05) is 31.3 Å². The summed E-state index contributed by atoms with van der Waals surface area (Å²) < 4.78 is 14.9. The number of anilines is 1. The van der Waals surface area contributed by atoms with E-state index in [9.17, 15) is 4.57 Å². The summed E-state index contributed by atoms with van der Waals surface area (Å²) in [4.78, 5) is 16.0. The zero-order valence-corrected chi connectivity index (χ0v) is 19.0. The van der Waals surface area contributed by atoms with Crippen LogP contribution in [0.4, 0.5) is 5.82 Å². The molecule has 10 heteroatoms. The van der Waals surface area contributed by atoms with Gasteiger partial charge in [-0.3, -0.25) is 9.50 Å². The summed E-state index contributed by atoms with van der Waals surface area (Å²) >= 11 is 6.18. The minimum atomic E-state index is -2.28. The fourth-order valence-electron chi connectivity index (χ4n) is 4.20. The second-order valence-electron chi connectivity index (χ2n) is 8.41. The van der Waals surface area contributed by atoms with Crippen LogP contribution in [-0.2, 0) is 4.57 Å². The van der Waals surface area contributed by atoms with E-state index in [0.29, 0.717) is 17.4 Å². The van der Waals surface area contributed by atoms with E-state index < -0.39 is 7.14 Å². The molecule has 1 fully saturated rings. The molecule has 0 aromatic carbocycles. The van der Waals surface area contributed by atoms with Gasteiger partial charge >= 0.3 is 0 Å². The third kappa shape index (κ3) is 3.98. The highest BCUT2D eigenvalue weighted by Gasteiger charge is 2.35. The molecular formula is C21H23ClN7OP. The maximum Gasteiger partial charge on any atom is 0.180 e. The Morgan fingerprint density at radius 2 is 2.03 bits per heavy atom. The van der Waals surface area contributed by atoms with Crippen molar-refractivity contribution in [3.05, 3.63) is 59.8 Å². The number of nitrogens with one attached hydrogen (secondary N) is 1. The van der Waals surface area contributed by atoms with E-state index in [0.717, 1.165) is 35.7 Å². The highest BCUT2D eigenvalue weighted by molar-refractivity contribution is 7.63. The van der Waals surface area contributed by atoms with Crippen LogP contribution in [0, 0.1) is 0 Å². The van der Waals surface area contributed by atoms with Crippen molar-refractivity contribution >= 4 is 30.2 Å². The molecule has 5 rings (SSSR count). The van der Waals surface area contributed by atoms with E-state index in [2.05, 4.69) is 25.1 Å². The monoisotopic (exact) mass is 455 g/mol. The molecule has 1 N–H and O–H groups in total. The summed E-state index contributed by atoms with van der Waals surface area (Å²) in [6.45, 7) is 5.24. The van der Waals surface area contributed by atoms with E-state index >= 15 is 0 Å². The van der Waals surface area contributed by atoms with Crippen molar-refractivity contribution in [3.63, 3.8) is 0 Å². The molecule has 0 saturated carbocycles. The van der Waals surface area contributed by atoms with E-state index in [1.54, 1.807) is 12.4 Å². The summed E-state index contributed by atoms with van der Waals surface area (Å²) in [5.41, 5.74) is 2.78. The van der Waals surface area contributed by atoms with Crippen molar-refractivity contribution in [3.8, 4) is 11.5 Å². The van der Waals surface area contributed by atoms with Crippen molar-refractivity contribution in [2.45, 2.75) is 18.0 Å². The molecule has 2 atom stereocenters. The van der Waals surface area contributed by atoms with Crippen LogP contribution in [0.3, 0.4) is 0 Å². The minimum absolute atomic E-state index is 0.0918. The van der Waals surface area contributed by atoms with Gasteiger partial charge in [0.2, 0.25) is 0 Å². The van der Waals surface area contributed by atoms with Gasteiger partial charge in [0.05, 0.1) is 24.6 Å². The Labute approximate surface area is 185 Å². The smallest absolute Gasteiger partial charge is 0.180 e. The summed E-state index contributed by atoms with van der Waals surface area (Å²) in [7, 11) is -2.28. The molecule has 5 heterocycles. The summed E-state index contributed by atoms with van der Waals surface area (Å²) in [5.74, 6) is 1.62. The maximum absolute atomic E-state index is 13.0. The van der Waals surface area contributed by atoms with Gasteiger partial charge < -0.3 is 9.46 Å². The van der Waals surface area contributed by atoms with Crippen LogP contribution in [0.2, 0.25) is 5.02 Å². The normalized spacial score (nSPS) is 19.8. The molecule has 160 valence electrons. The van der Waals surface area contributed by atoms with Gasteiger partial charge in [0.1, 0.15) is 17.2 Å². The fraction of sp³-hybridized carbons (Fsp3) is 0.333. The van der Waals surface area contributed by atoms with Crippen LogP contribution in [0.5, 0.6) is 0 Å². The SMILES string of the molecule is CP(C)(=O)C1CC(c2cn[nH]c2)CN(c2ccnc(-c3cnc4ccc(Cl)cn34)n2)C1. The van der Waals surface area contributed by atoms with E-state index in [4.69, 9.17) is 16.6 Å². The van der Waals surface area contributed by atoms with E-state index in [-0.39, 0.29) is 11.6 Å². The average Bonchev–Trinajstić information content (AvgIpc) is 3.43. The summed E-state index contributed by atoms with van der Waals surface area (Å²) in [6, 6.07) is 5.58. The molecule has 1 saturated heterocycles. The maximum atomic E-state index is 13.0. The van der Waals surface area contributed by atoms with Crippen molar-refractivity contribution in [1.82, 2.24) is 29.5 Å². The van der Waals surface area contributed by atoms with Gasteiger partial charge in [-0.15, -0.1) is 0 Å². The first-order chi connectivity index (χ1) is 14.9. The number of aromatic nitrogens is 6. The molecule has 0 radical (unpaired) electrons. The standard InChI is InChI=1S/C21H23ClN7OP/c1-31(2,30)17-7-14(15-8-25-26-9-15)11-28(13-17)20-5-6-23-21(27-20)18-10-24-19-4-3-16(22)12-29(18)19/h3-6,8-10,12,14,17H,7,11,13H2,1-2H3,(H,25,26). The Kier molecular flexibility index (Phi) is 5.07. The molecule has 1 aliphatic rings. The van der Waals surface area contributed by atoms with Gasteiger partial charge in [0, 0.05) is 43.3 Å². The second-order valence-corrected chi connectivity index (χ2v) is 12.4. The van der Waals surface area contributed by atoms with Gasteiger partial charge in [-0.2, -0.15) is 5.10 Å². The molecule has 31 heavy (non-hydrogen) atoms. The molecule has 2 unspecified atom stereocenters. The van der Waals surface area contributed by atoms with Gasteiger partial charge in [-0.1, -0.05) is 11.6 Å². The second kappa shape index (κ2) is 7.77. The number of H-pyrrole nitrogens is 1. The highest BCUT2D eigenvalue weighted by Crippen LogP contribution is 2.49.